The van der Waals surface area contributed by atoms with E-state index in [0.717, 1.165) is 66.8 Å². The Morgan fingerprint density at radius 3 is 2.69 bits per heavy atom. The molecule has 0 radical (unpaired) electrons. The van der Waals surface area contributed by atoms with Crippen LogP contribution in [0.25, 0.3) is 11.3 Å². The first-order chi connectivity index (χ1) is 16.9. The fraction of sp³-hybridized carbons (Fsp3) is 0.519. The highest BCUT2D eigenvalue weighted by atomic mass is 16.5. The van der Waals surface area contributed by atoms with Gasteiger partial charge in [-0.1, -0.05) is 33.8 Å². The van der Waals surface area contributed by atoms with Gasteiger partial charge in [-0.15, -0.1) is 0 Å². The van der Waals surface area contributed by atoms with Crippen molar-refractivity contribution < 1.29 is 4.74 Å². The molecule has 1 saturated heterocycles. The third-order valence-electron chi connectivity index (χ3n) is 7.51. The molecule has 0 aliphatic carbocycles. The Labute approximate surface area is 208 Å². The van der Waals surface area contributed by atoms with Crippen molar-refractivity contribution in [3.63, 3.8) is 0 Å². The Balaban J connectivity index is 1.37. The number of rotatable bonds is 10. The van der Waals surface area contributed by atoms with Crippen LogP contribution in [-0.2, 0) is 5.41 Å². The number of aromatic amines is 1. The van der Waals surface area contributed by atoms with E-state index in [-0.39, 0.29) is 5.41 Å². The highest BCUT2D eigenvalue weighted by Gasteiger charge is 2.26. The molecular weight excluding hydrogens is 438 g/mol. The van der Waals surface area contributed by atoms with Crippen LogP contribution < -0.4 is 15.8 Å². The molecule has 0 saturated carbocycles. The maximum Gasteiger partial charge on any atom is 0.229 e. The van der Waals surface area contributed by atoms with E-state index in [9.17, 15) is 0 Å². The Morgan fingerprint density at radius 2 is 1.97 bits per heavy atom. The molecule has 0 spiro atoms. The smallest absolute Gasteiger partial charge is 0.229 e. The van der Waals surface area contributed by atoms with Crippen LogP contribution in [0.3, 0.4) is 0 Å². The van der Waals surface area contributed by atoms with Crippen molar-refractivity contribution in [2.45, 2.75) is 58.8 Å². The summed E-state index contributed by atoms with van der Waals surface area (Å²) in [6.07, 6.45) is 6.32. The van der Waals surface area contributed by atoms with Crippen molar-refractivity contribution >= 4 is 17.5 Å². The van der Waals surface area contributed by atoms with E-state index in [1.54, 1.807) is 6.20 Å². The summed E-state index contributed by atoms with van der Waals surface area (Å²) in [6.45, 7) is 12.9. The Morgan fingerprint density at radius 1 is 1.20 bits per heavy atom. The third kappa shape index (κ3) is 6.11. The van der Waals surface area contributed by atoms with E-state index in [4.69, 9.17) is 10.5 Å². The number of hydrogen-bond acceptors (Lipinski definition) is 7. The Kier molecular flexibility index (Phi) is 7.90. The van der Waals surface area contributed by atoms with Gasteiger partial charge >= 0.3 is 0 Å². The van der Waals surface area contributed by atoms with Gasteiger partial charge in [0.2, 0.25) is 5.95 Å². The number of nitrogens with one attached hydrogen (secondary N) is 2. The van der Waals surface area contributed by atoms with Gasteiger partial charge in [0.15, 0.2) is 0 Å². The Hall–Kier alpha value is -3.13. The number of hydrogen-bond donors (Lipinski definition) is 3. The first-order valence-electron chi connectivity index (χ1n) is 12.8. The molecular formula is C27H39N7O. The quantitative estimate of drug-likeness (QED) is 0.360. The largest absolute Gasteiger partial charge is 0.492 e. The van der Waals surface area contributed by atoms with Crippen molar-refractivity contribution in [2.75, 3.05) is 37.3 Å². The summed E-state index contributed by atoms with van der Waals surface area (Å²) >= 11 is 0. The second-order valence-corrected chi connectivity index (χ2v) is 9.95. The normalized spacial score (nSPS) is 15.3. The van der Waals surface area contributed by atoms with Gasteiger partial charge in [0.1, 0.15) is 18.2 Å². The zero-order chi connectivity index (χ0) is 24.8. The predicted molar refractivity (Wildman–Crippen MR) is 142 cm³/mol. The lowest BCUT2D eigenvalue weighted by Crippen LogP contribution is -2.35. The van der Waals surface area contributed by atoms with Gasteiger partial charge in [-0.05, 0) is 62.9 Å². The zero-order valence-corrected chi connectivity index (χ0v) is 21.5. The molecule has 4 N–H and O–H groups in total. The summed E-state index contributed by atoms with van der Waals surface area (Å²) in [6, 6.07) is 9.91. The fourth-order valence-corrected chi connectivity index (χ4v) is 4.41. The Bertz CT molecular complexity index is 1100. The predicted octanol–water partition coefficient (Wildman–Crippen LogP) is 5.38. The van der Waals surface area contributed by atoms with Crippen molar-refractivity contribution in [3.05, 3.63) is 42.2 Å². The SMILES string of the molecule is CCC(C)(CC)c1cc(-c2cnc(Nc3cccc(OCCN4CCC(C)CC4)c3)nc2N)[nH]n1. The summed E-state index contributed by atoms with van der Waals surface area (Å²) in [5, 5.41) is 10.9. The van der Waals surface area contributed by atoms with Crippen LogP contribution in [0.4, 0.5) is 17.5 Å². The molecule has 3 aromatic rings. The van der Waals surface area contributed by atoms with Crippen molar-refractivity contribution in [1.29, 1.82) is 0 Å². The number of likely N-dealkylation sites (tertiary alicyclic amines) is 1. The minimum Gasteiger partial charge on any atom is -0.492 e. The maximum atomic E-state index is 6.30. The van der Waals surface area contributed by atoms with Crippen LogP contribution in [0.5, 0.6) is 5.75 Å². The van der Waals surface area contributed by atoms with E-state index in [1.165, 1.54) is 12.8 Å². The average Bonchev–Trinajstić information content (AvgIpc) is 3.36. The van der Waals surface area contributed by atoms with Crippen molar-refractivity contribution in [3.8, 4) is 17.0 Å². The maximum absolute atomic E-state index is 6.30. The number of nitrogens with zero attached hydrogens (tertiary/aromatic N) is 4. The standard InChI is InChI=1S/C27H39N7O/c1-5-27(4,6-2)24-17-23(32-33-24)22-18-29-26(31-25(22)28)30-20-8-7-9-21(16-20)35-15-14-34-12-10-19(3)11-13-34/h7-9,16-19H,5-6,10-15H2,1-4H3,(H,32,33)(H3,28,29,30,31). The number of ether oxygens (including phenoxy) is 1. The third-order valence-corrected chi connectivity index (χ3v) is 7.51. The first kappa shape index (κ1) is 25.0. The van der Waals surface area contributed by atoms with Gasteiger partial charge < -0.3 is 15.8 Å². The molecule has 3 heterocycles. The number of anilines is 3. The van der Waals surface area contributed by atoms with E-state index in [0.29, 0.717) is 18.4 Å². The number of H-pyrrole nitrogens is 1. The van der Waals surface area contributed by atoms with Gasteiger partial charge in [-0.2, -0.15) is 10.1 Å². The van der Waals surface area contributed by atoms with Crippen molar-refractivity contribution in [1.82, 2.24) is 25.1 Å². The molecule has 0 bridgehead atoms. The average molecular weight is 478 g/mol. The molecule has 1 aliphatic heterocycles. The van der Waals surface area contributed by atoms with E-state index in [1.807, 2.05) is 24.3 Å². The van der Waals surface area contributed by atoms with E-state index in [2.05, 4.69) is 64.1 Å². The second-order valence-electron chi connectivity index (χ2n) is 9.95. The molecule has 1 aliphatic rings. The lowest BCUT2D eigenvalue weighted by Gasteiger charge is -2.29. The molecule has 4 rings (SSSR count). The lowest BCUT2D eigenvalue weighted by atomic mass is 9.81. The van der Waals surface area contributed by atoms with Crippen LogP contribution in [0, 0.1) is 5.92 Å². The molecule has 0 atom stereocenters. The number of nitrogen functional groups attached to an aromatic ring is 1. The van der Waals surface area contributed by atoms with Crippen LogP contribution >= 0.6 is 0 Å². The summed E-state index contributed by atoms with van der Waals surface area (Å²) < 4.78 is 6.00. The molecule has 8 heteroatoms. The first-order valence-corrected chi connectivity index (χ1v) is 12.8. The van der Waals surface area contributed by atoms with Crippen LogP contribution in [0.1, 0.15) is 59.1 Å². The van der Waals surface area contributed by atoms with Gasteiger partial charge in [-0.25, -0.2) is 4.98 Å². The molecule has 1 fully saturated rings. The van der Waals surface area contributed by atoms with Gasteiger partial charge in [0.05, 0.1) is 17.0 Å². The van der Waals surface area contributed by atoms with Crippen molar-refractivity contribution in [2.24, 2.45) is 5.92 Å². The van der Waals surface area contributed by atoms with Gasteiger partial charge in [0, 0.05) is 29.9 Å². The summed E-state index contributed by atoms with van der Waals surface area (Å²) in [4.78, 5) is 11.4. The number of nitrogens with two attached hydrogens (primary N) is 1. The summed E-state index contributed by atoms with van der Waals surface area (Å²) in [7, 11) is 0. The lowest BCUT2D eigenvalue weighted by molar-refractivity contribution is 0.160. The molecule has 0 amide bonds. The number of piperidine rings is 1. The fourth-order valence-electron chi connectivity index (χ4n) is 4.41. The zero-order valence-electron chi connectivity index (χ0n) is 21.5. The van der Waals surface area contributed by atoms with Crippen LogP contribution in [-0.4, -0.2) is 51.3 Å². The topological polar surface area (TPSA) is 105 Å². The molecule has 35 heavy (non-hydrogen) atoms. The summed E-state index contributed by atoms with van der Waals surface area (Å²) in [5.74, 6) is 2.51. The minimum atomic E-state index is 0.0330. The van der Waals surface area contributed by atoms with E-state index < -0.39 is 0 Å². The molecule has 1 aromatic carbocycles. The molecule has 0 unspecified atom stereocenters. The van der Waals surface area contributed by atoms with Crippen LogP contribution in [0.2, 0.25) is 0 Å². The minimum absolute atomic E-state index is 0.0330. The molecule has 188 valence electrons. The van der Waals surface area contributed by atoms with Crippen LogP contribution in [0.15, 0.2) is 36.5 Å². The van der Waals surface area contributed by atoms with Gasteiger partial charge in [0.25, 0.3) is 0 Å². The number of aromatic nitrogens is 4. The number of benzene rings is 1. The highest BCUT2D eigenvalue weighted by molar-refractivity contribution is 5.72. The van der Waals surface area contributed by atoms with Gasteiger partial charge in [-0.3, -0.25) is 10.00 Å². The monoisotopic (exact) mass is 477 g/mol. The highest BCUT2D eigenvalue weighted by Crippen LogP contribution is 2.33. The molecule has 2 aromatic heterocycles. The summed E-state index contributed by atoms with van der Waals surface area (Å²) in [5.41, 5.74) is 9.79. The van der Waals surface area contributed by atoms with E-state index >= 15 is 0 Å². The second kappa shape index (κ2) is 11.1. The molecule has 8 nitrogen and oxygen atoms in total.